The zero-order valence-electron chi connectivity index (χ0n) is 14.7. The average Bonchev–Trinajstić information content (AvgIpc) is 2.52. The molecule has 5 heteroatoms. The molecule has 1 aromatic rings. The predicted molar refractivity (Wildman–Crippen MR) is 93.6 cm³/mol. The maximum absolute atomic E-state index is 14.6. The van der Waals surface area contributed by atoms with Crippen molar-refractivity contribution in [3.63, 3.8) is 0 Å². The molecule has 134 valence electrons. The van der Waals surface area contributed by atoms with Crippen LogP contribution < -0.4 is 10.2 Å². The maximum Gasteiger partial charge on any atom is 0.151 e. The lowest BCUT2D eigenvalue weighted by Gasteiger charge is -2.37. The molecule has 3 nitrogen and oxygen atoms in total. The van der Waals surface area contributed by atoms with E-state index >= 15 is 0 Å². The first-order valence-electron chi connectivity index (χ1n) is 9.16. The van der Waals surface area contributed by atoms with Crippen LogP contribution in [0.15, 0.2) is 12.1 Å². The molecule has 2 unspecified atom stereocenters. The minimum Gasteiger partial charge on any atom is -0.385 e. The second-order valence-corrected chi connectivity index (χ2v) is 7.34. The van der Waals surface area contributed by atoms with Crippen molar-refractivity contribution >= 4 is 11.4 Å². The van der Waals surface area contributed by atoms with E-state index in [0.717, 1.165) is 6.54 Å². The molecule has 2 atom stereocenters. The summed E-state index contributed by atoms with van der Waals surface area (Å²) in [6.07, 6.45) is 6.20. The SMILES string of the molecule is CC1CN(c2c(F)cc(NCC3CCCCC3)cc2F)CC(C)O1. The topological polar surface area (TPSA) is 24.5 Å². The molecule has 1 heterocycles. The van der Waals surface area contributed by atoms with Crippen molar-refractivity contribution in [3.05, 3.63) is 23.8 Å². The van der Waals surface area contributed by atoms with Gasteiger partial charge in [-0.3, -0.25) is 0 Å². The molecule has 2 fully saturated rings. The van der Waals surface area contributed by atoms with Crippen LogP contribution in [0, 0.1) is 17.6 Å². The fourth-order valence-corrected chi connectivity index (χ4v) is 3.98. The van der Waals surface area contributed by atoms with Crippen molar-refractivity contribution in [1.82, 2.24) is 0 Å². The van der Waals surface area contributed by atoms with Crippen molar-refractivity contribution in [2.24, 2.45) is 5.92 Å². The standard InChI is InChI=1S/C19H28F2N2O/c1-13-11-23(12-14(2)24-13)19-17(20)8-16(9-18(19)21)22-10-15-6-4-3-5-7-15/h8-9,13-15,22H,3-7,10-12H2,1-2H3. The van der Waals surface area contributed by atoms with Gasteiger partial charge in [0.05, 0.1) is 12.2 Å². The van der Waals surface area contributed by atoms with Crippen molar-refractivity contribution in [3.8, 4) is 0 Å². The molecule has 0 aromatic heterocycles. The van der Waals surface area contributed by atoms with E-state index in [1.807, 2.05) is 13.8 Å². The number of nitrogens with zero attached hydrogens (tertiary/aromatic N) is 1. The lowest BCUT2D eigenvalue weighted by Crippen LogP contribution is -2.46. The number of nitrogens with one attached hydrogen (secondary N) is 1. The van der Waals surface area contributed by atoms with Gasteiger partial charge in [0.1, 0.15) is 5.69 Å². The number of morpholine rings is 1. The molecule has 1 saturated heterocycles. The molecule has 24 heavy (non-hydrogen) atoms. The first kappa shape index (κ1) is 17.5. The van der Waals surface area contributed by atoms with Crippen molar-refractivity contribution in [2.75, 3.05) is 29.9 Å². The van der Waals surface area contributed by atoms with E-state index in [4.69, 9.17) is 4.74 Å². The molecule has 1 aliphatic carbocycles. The van der Waals surface area contributed by atoms with E-state index in [2.05, 4.69) is 5.32 Å². The van der Waals surface area contributed by atoms with Gasteiger partial charge in [0, 0.05) is 25.3 Å². The number of hydrogen-bond donors (Lipinski definition) is 1. The zero-order valence-corrected chi connectivity index (χ0v) is 14.7. The van der Waals surface area contributed by atoms with Gasteiger partial charge in [0.2, 0.25) is 0 Å². The fourth-order valence-electron chi connectivity index (χ4n) is 3.98. The summed E-state index contributed by atoms with van der Waals surface area (Å²) in [6, 6.07) is 2.85. The molecule has 1 saturated carbocycles. The summed E-state index contributed by atoms with van der Waals surface area (Å²) in [4.78, 5) is 1.76. The molecular formula is C19H28F2N2O. The molecule has 0 spiro atoms. The lowest BCUT2D eigenvalue weighted by atomic mass is 9.89. The number of benzene rings is 1. The van der Waals surface area contributed by atoms with Gasteiger partial charge in [-0.2, -0.15) is 0 Å². The maximum atomic E-state index is 14.6. The van der Waals surface area contributed by atoms with E-state index in [1.165, 1.54) is 44.2 Å². The molecular weight excluding hydrogens is 310 g/mol. The number of ether oxygens (including phenoxy) is 1. The van der Waals surface area contributed by atoms with Crippen LogP contribution in [0.4, 0.5) is 20.2 Å². The molecule has 3 rings (SSSR count). The number of hydrogen-bond acceptors (Lipinski definition) is 3. The molecule has 0 radical (unpaired) electrons. The van der Waals surface area contributed by atoms with E-state index in [1.54, 1.807) is 4.90 Å². The Morgan fingerprint density at radius 1 is 1.04 bits per heavy atom. The lowest BCUT2D eigenvalue weighted by molar-refractivity contribution is -0.00557. The summed E-state index contributed by atoms with van der Waals surface area (Å²) >= 11 is 0. The van der Waals surface area contributed by atoms with Gasteiger partial charge in [-0.15, -0.1) is 0 Å². The van der Waals surface area contributed by atoms with Gasteiger partial charge >= 0.3 is 0 Å². The number of anilines is 2. The molecule has 2 aliphatic rings. The van der Waals surface area contributed by atoms with Gasteiger partial charge in [-0.25, -0.2) is 8.78 Å². The highest BCUT2D eigenvalue weighted by atomic mass is 19.1. The van der Waals surface area contributed by atoms with Crippen LogP contribution in [0.2, 0.25) is 0 Å². The molecule has 0 amide bonds. The van der Waals surface area contributed by atoms with Crippen molar-refractivity contribution in [2.45, 2.75) is 58.2 Å². The highest BCUT2D eigenvalue weighted by Gasteiger charge is 2.27. The first-order valence-corrected chi connectivity index (χ1v) is 9.16. The third-order valence-electron chi connectivity index (χ3n) is 5.07. The molecule has 0 bridgehead atoms. The van der Waals surface area contributed by atoms with Crippen LogP contribution in [0.5, 0.6) is 0 Å². The van der Waals surface area contributed by atoms with Crippen molar-refractivity contribution < 1.29 is 13.5 Å². The fraction of sp³-hybridized carbons (Fsp3) is 0.684. The van der Waals surface area contributed by atoms with Gasteiger partial charge in [-0.1, -0.05) is 19.3 Å². The Kier molecular flexibility index (Phi) is 5.59. The highest BCUT2D eigenvalue weighted by molar-refractivity contribution is 5.58. The molecule has 1 N–H and O–H groups in total. The van der Waals surface area contributed by atoms with Gasteiger partial charge < -0.3 is 15.0 Å². The minimum absolute atomic E-state index is 0.0309. The largest absolute Gasteiger partial charge is 0.385 e. The highest BCUT2D eigenvalue weighted by Crippen LogP contribution is 2.30. The van der Waals surface area contributed by atoms with Crippen LogP contribution in [0.25, 0.3) is 0 Å². The third kappa shape index (κ3) is 4.18. The van der Waals surface area contributed by atoms with Gasteiger partial charge in [-0.05, 0) is 44.7 Å². The Balaban J connectivity index is 1.68. The Morgan fingerprint density at radius 3 is 2.21 bits per heavy atom. The molecule has 1 aliphatic heterocycles. The molecule has 1 aromatic carbocycles. The summed E-state index contributed by atoms with van der Waals surface area (Å²) in [5, 5.41) is 3.22. The van der Waals surface area contributed by atoms with E-state index in [9.17, 15) is 8.78 Å². The Bertz CT molecular complexity index is 527. The van der Waals surface area contributed by atoms with Crippen molar-refractivity contribution in [1.29, 1.82) is 0 Å². The third-order valence-corrected chi connectivity index (χ3v) is 5.07. The monoisotopic (exact) mass is 338 g/mol. The van der Waals surface area contributed by atoms with E-state index in [0.29, 0.717) is 24.7 Å². The second kappa shape index (κ2) is 7.68. The minimum atomic E-state index is -0.498. The van der Waals surface area contributed by atoms with E-state index in [-0.39, 0.29) is 17.9 Å². The first-order chi connectivity index (χ1) is 11.5. The average molecular weight is 338 g/mol. The van der Waals surface area contributed by atoms with Gasteiger partial charge in [0.15, 0.2) is 11.6 Å². The van der Waals surface area contributed by atoms with E-state index < -0.39 is 11.6 Å². The zero-order chi connectivity index (χ0) is 17.1. The smallest absolute Gasteiger partial charge is 0.151 e. The number of rotatable bonds is 4. The van der Waals surface area contributed by atoms with Crippen LogP contribution in [-0.2, 0) is 4.74 Å². The number of halogens is 2. The predicted octanol–water partition coefficient (Wildman–Crippen LogP) is 4.57. The van der Waals surface area contributed by atoms with Crippen LogP contribution >= 0.6 is 0 Å². The summed E-state index contributed by atoms with van der Waals surface area (Å²) in [6.45, 7) is 5.67. The summed E-state index contributed by atoms with van der Waals surface area (Å²) < 4.78 is 34.8. The van der Waals surface area contributed by atoms with Crippen LogP contribution in [-0.4, -0.2) is 31.8 Å². The Labute approximate surface area is 143 Å². The quantitative estimate of drug-likeness (QED) is 0.870. The summed E-state index contributed by atoms with van der Waals surface area (Å²) in [7, 11) is 0. The van der Waals surface area contributed by atoms with Crippen LogP contribution in [0.1, 0.15) is 46.0 Å². The Hall–Kier alpha value is -1.36. The Morgan fingerprint density at radius 2 is 1.62 bits per heavy atom. The van der Waals surface area contributed by atoms with Gasteiger partial charge in [0.25, 0.3) is 0 Å². The summed E-state index contributed by atoms with van der Waals surface area (Å²) in [5.41, 5.74) is 0.605. The normalized spacial score (nSPS) is 25.8. The summed E-state index contributed by atoms with van der Waals surface area (Å²) in [5.74, 6) is -0.379. The van der Waals surface area contributed by atoms with Crippen LogP contribution in [0.3, 0.4) is 0 Å². The second-order valence-electron chi connectivity index (χ2n) is 7.34.